The molecule has 110 valence electrons. The molecule has 0 aromatic heterocycles. The molecule has 0 radical (unpaired) electrons. The van der Waals surface area contributed by atoms with Crippen LogP contribution in [0.15, 0.2) is 48.5 Å². The van der Waals surface area contributed by atoms with E-state index >= 15 is 0 Å². The maximum absolute atomic E-state index is 12.0. The summed E-state index contributed by atoms with van der Waals surface area (Å²) in [5, 5.41) is 3.52. The van der Waals surface area contributed by atoms with Gasteiger partial charge in [0.2, 0.25) is 0 Å². The predicted octanol–water partition coefficient (Wildman–Crippen LogP) is 3.73. The number of ether oxygens (including phenoxy) is 1. The lowest BCUT2D eigenvalue weighted by atomic mass is 10.1. The number of nitrogens with one attached hydrogen (secondary N) is 1. The van der Waals surface area contributed by atoms with E-state index in [0.29, 0.717) is 17.3 Å². The molecule has 21 heavy (non-hydrogen) atoms. The second-order valence-corrected chi connectivity index (χ2v) is 5.29. The molecule has 1 amide bonds. The number of benzene rings is 2. The van der Waals surface area contributed by atoms with Crippen molar-refractivity contribution in [2.24, 2.45) is 0 Å². The Bertz CT molecular complexity index is 610. The Morgan fingerprint density at radius 1 is 1.19 bits per heavy atom. The third kappa shape index (κ3) is 4.50. The smallest absolute Gasteiger partial charge is 0.261 e. The molecule has 0 aliphatic carbocycles. The SMILES string of the molecule is Cc1ccccc1CNC(=O)C(C)Oc1ccc(Cl)cc1. The minimum absolute atomic E-state index is 0.145. The van der Waals surface area contributed by atoms with Gasteiger partial charge in [-0.3, -0.25) is 4.79 Å². The molecular formula is C17H18ClNO2. The van der Waals surface area contributed by atoms with Crippen LogP contribution in [0.3, 0.4) is 0 Å². The molecule has 1 unspecified atom stereocenters. The molecule has 0 heterocycles. The summed E-state index contributed by atoms with van der Waals surface area (Å²) in [5.41, 5.74) is 2.26. The quantitative estimate of drug-likeness (QED) is 0.914. The molecule has 1 atom stereocenters. The van der Waals surface area contributed by atoms with E-state index in [1.165, 1.54) is 0 Å². The Labute approximate surface area is 129 Å². The number of carbonyl (C=O) groups is 1. The highest BCUT2D eigenvalue weighted by atomic mass is 35.5. The number of rotatable bonds is 5. The number of hydrogen-bond acceptors (Lipinski definition) is 2. The minimum Gasteiger partial charge on any atom is -0.481 e. The van der Waals surface area contributed by atoms with E-state index in [1.807, 2.05) is 31.2 Å². The van der Waals surface area contributed by atoms with E-state index in [2.05, 4.69) is 5.32 Å². The second-order valence-electron chi connectivity index (χ2n) is 4.86. The maximum Gasteiger partial charge on any atom is 0.261 e. The van der Waals surface area contributed by atoms with Crippen LogP contribution in [0.1, 0.15) is 18.1 Å². The Balaban J connectivity index is 1.88. The van der Waals surface area contributed by atoms with E-state index < -0.39 is 6.10 Å². The van der Waals surface area contributed by atoms with E-state index in [0.717, 1.165) is 11.1 Å². The van der Waals surface area contributed by atoms with Crippen LogP contribution in [0.4, 0.5) is 0 Å². The molecule has 0 saturated heterocycles. The summed E-state index contributed by atoms with van der Waals surface area (Å²) in [7, 11) is 0. The van der Waals surface area contributed by atoms with Gasteiger partial charge in [0.1, 0.15) is 5.75 Å². The monoisotopic (exact) mass is 303 g/mol. The zero-order valence-electron chi connectivity index (χ0n) is 12.1. The summed E-state index contributed by atoms with van der Waals surface area (Å²) in [6.45, 7) is 4.25. The predicted molar refractivity (Wildman–Crippen MR) is 84.6 cm³/mol. The molecule has 0 saturated carbocycles. The lowest BCUT2D eigenvalue weighted by molar-refractivity contribution is -0.127. The fourth-order valence-corrected chi connectivity index (χ4v) is 2.03. The van der Waals surface area contributed by atoms with Crippen LogP contribution in [0, 0.1) is 6.92 Å². The van der Waals surface area contributed by atoms with Gasteiger partial charge in [0.15, 0.2) is 6.10 Å². The van der Waals surface area contributed by atoms with Crippen molar-refractivity contribution < 1.29 is 9.53 Å². The van der Waals surface area contributed by atoms with E-state index in [-0.39, 0.29) is 5.91 Å². The molecule has 1 N–H and O–H groups in total. The Morgan fingerprint density at radius 3 is 2.52 bits per heavy atom. The van der Waals surface area contributed by atoms with Gasteiger partial charge < -0.3 is 10.1 Å². The molecular weight excluding hydrogens is 286 g/mol. The molecule has 0 aliphatic rings. The van der Waals surface area contributed by atoms with Crippen LogP contribution in [0.2, 0.25) is 5.02 Å². The molecule has 4 heteroatoms. The Kier molecular flexibility index (Phi) is 5.23. The zero-order chi connectivity index (χ0) is 15.2. The molecule has 0 bridgehead atoms. The van der Waals surface area contributed by atoms with Crippen molar-refractivity contribution in [2.45, 2.75) is 26.5 Å². The summed E-state index contributed by atoms with van der Waals surface area (Å²) >= 11 is 5.81. The highest BCUT2D eigenvalue weighted by Gasteiger charge is 2.14. The van der Waals surface area contributed by atoms with Crippen molar-refractivity contribution in [1.82, 2.24) is 5.32 Å². The summed E-state index contributed by atoms with van der Waals surface area (Å²) < 4.78 is 5.58. The molecule has 2 aromatic rings. The summed E-state index contributed by atoms with van der Waals surface area (Å²) in [5.74, 6) is 0.478. The average molecular weight is 304 g/mol. The van der Waals surface area contributed by atoms with Crippen molar-refractivity contribution in [3.8, 4) is 5.75 Å². The molecule has 3 nitrogen and oxygen atoms in total. The maximum atomic E-state index is 12.0. The largest absolute Gasteiger partial charge is 0.481 e. The van der Waals surface area contributed by atoms with E-state index in [4.69, 9.17) is 16.3 Å². The molecule has 2 aromatic carbocycles. The lowest BCUT2D eigenvalue weighted by Crippen LogP contribution is -2.36. The topological polar surface area (TPSA) is 38.3 Å². The van der Waals surface area contributed by atoms with Crippen molar-refractivity contribution in [1.29, 1.82) is 0 Å². The Hall–Kier alpha value is -2.00. The van der Waals surface area contributed by atoms with Gasteiger partial charge in [-0.2, -0.15) is 0 Å². The van der Waals surface area contributed by atoms with Gasteiger partial charge in [-0.15, -0.1) is 0 Å². The molecule has 0 aliphatic heterocycles. The summed E-state index contributed by atoms with van der Waals surface area (Å²) in [4.78, 5) is 12.0. The third-order valence-electron chi connectivity index (χ3n) is 3.21. The normalized spacial score (nSPS) is 11.8. The number of aryl methyl sites for hydroxylation is 1. The summed E-state index contributed by atoms with van der Waals surface area (Å²) in [6, 6.07) is 14.9. The van der Waals surface area contributed by atoms with Crippen LogP contribution in [-0.2, 0) is 11.3 Å². The zero-order valence-corrected chi connectivity index (χ0v) is 12.9. The lowest BCUT2D eigenvalue weighted by Gasteiger charge is -2.15. The first kappa shape index (κ1) is 15.4. The van der Waals surface area contributed by atoms with Gasteiger partial charge in [0.05, 0.1) is 0 Å². The van der Waals surface area contributed by atoms with Gasteiger partial charge in [-0.25, -0.2) is 0 Å². The highest BCUT2D eigenvalue weighted by molar-refractivity contribution is 6.30. The molecule has 0 fully saturated rings. The first-order valence-electron chi connectivity index (χ1n) is 6.80. The van der Waals surface area contributed by atoms with Crippen LogP contribution < -0.4 is 10.1 Å². The number of carbonyl (C=O) groups excluding carboxylic acids is 1. The first-order chi connectivity index (χ1) is 10.1. The standard InChI is InChI=1S/C17H18ClNO2/c1-12-5-3-4-6-14(12)11-19-17(20)13(2)21-16-9-7-15(18)8-10-16/h3-10,13H,11H2,1-2H3,(H,19,20). The second kappa shape index (κ2) is 7.14. The number of halogens is 1. The van der Waals surface area contributed by atoms with Gasteiger partial charge in [-0.05, 0) is 49.2 Å². The van der Waals surface area contributed by atoms with Crippen LogP contribution in [0.25, 0.3) is 0 Å². The minimum atomic E-state index is -0.560. The van der Waals surface area contributed by atoms with Crippen LogP contribution in [-0.4, -0.2) is 12.0 Å². The van der Waals surface area contributed by atoms with Gasteiger partial charge in [0.25, 0.3) is 5.91 Å². The van der Waals surface area contributed by atoms with Crippen LogP contribution >= 0.6 is 11.6 Å². The first-order valence-corrected chi connectivity index (χ1v) is 7.18. The number of amides is 1. The molecule has 2 rings (SSSR count). The van der Waals surface area contributed by atoms with Crippen molar-refractivity contribution in [2.75, 3.05) is 0 Å². The van der Waals surface area contributed by atoms with Gasteiger partial charge in [0, 0.05) is 11.6 Å². The number of hydrogen-bond donors (Lipinski definition) is 1. The fourth-order valence-electron chi connectivity index (χ4n) is 1.91. The average Bonchev–Trinajstić information content (AvgIpc) is 2.48. The van der Waals surface area contributed by atoms with Gasteiger partial charge >= 0.3 is 0 Å². The summed E-state index contributed by atoms with van der Waals surface area (Å²) in [6.07, 6.45) is -0.560. The van der Waals surface area contributed by atoms with Crippen molar-refractivity contribution in [3.05, 3.63) is 64.7 Å². The van der Waals surface area contributed by atoms with Crippen molar-refractivity contribution >= 4 is 17.5 Å². The van der Waals surface area contributed by atoms with E-state index in [1.54, 1.807) is 31.2 Å². The van der Waals surface area contributed by atoms with Gasteiger partial charge in [-0.1, -0.05) is 35.9 Å². The van der Waals surface area contributed by atoms with Crippen LogP contribution in [0.5, 0.6) is 5.75 Å². The van der Waals surface area contributed by atoms with Crippen molar-refractivity contribution in [3.63, 3.8) is 0 Å². The van der Waals surface area contributed by atoms with E-state index in [9.17, 15) is 4.79 Å². The molecule has 0 spiro atoms. The third-order valence-corrected chi connectivity index (χ3v) is 3.46. The highest BCUT2D eigenvalue weighted by Crippen LogP contribution is 2.16. The fraction of sp³-hybridized carbons (Fsp3) is 0.235. The Morgan fingerprint density at radius 2 is 1.86 bits per heavy atom.